The second-order valence-electron chi connectivity index (χ2n) is 6.01. The Hall–Kier alpha value is -3.08. The number of furan rings is 1. The normalized spacial score (nSPS) is 11.3. The van der Waals surface area contributed by atoms with Crippen molar-refractivity contribution in [2.24, 2.45) is 0 Å². The van der Waals surface area contributed by atoms with Crippen molar-refractivity contribution >= 4 is 10.0 Å². The molecular weight excluding hydrogens is 364 g/mol. The molecule has 7 heteroatoms. The molecule has 6 nitrogen and oxygen atoms in total. The second-order valence-corrected chi connectivity index (χ2v) is 8.09. The van der Waals surface area contributed by atoms with E-state index in [1.54, 1.807) is 18.2 Å². The molecule has 0 saturated heterocycles. The van der Waals surface area contributed by atoms with Crippen LogP contribution in [0.4, 0.5) is 0 Å². The van der Waals surface area contributed by atoms with Crippen LogP contribution in [0.25, 0.3) is 11.1 Å². The Morgan fingerprint density at radius 1 is 0.963 bits per heavy atom. The monoisotopic (exact) mass is 382 g/mol. The van der Waals surface area contributed by atoms with Gasteiger partial charge in [0.1, 0.15) is 18.1 Å². The van der Waals surface area contributed by atoms with Gasteiger partial charge in [-0.05, 0) is 47.5 Å². The summed E-state index contributed by atoms with van der Waals surface area (Å²) in [4.78, 5) is 0. The first-order chi connectivity index (χ1) is 12.9. The van der Waals surface area contributed by atoms with E-state index >= 15 is 0 Å². The Morgan fingerprint density at radius 2 is 1.56 bits per heavy atom. The minimum Gasteiger partial charge on any atom is -0.486 e. The number of hydrogen-bond donors (Lipinski definition) is 0. The van der Waals surface area contributed by atoms with Gasteiger partial charge in [0.2, 0.25) is 5.09 Å². The highest BCUT2D eigenvalue weighted by atomic mass is 32.2. The van der Waals surface area contributed by atoms with Crippen LogP contribution in [-0.2, 0) is 16.6 Å². The zero-order valence-electron chi connectivity index (χ0n) is 14.9. The Balaban J connectivity index is 1.65. The van der Waals surface area contributed by atoms with Crippen LogP contribution in [0.5, 0.6) is 5.75 Å². The summed E-state index contributed by atoms with van der Waals surface area (Å²) in [6, 6.07) is 19.9. The third kappa shape index (κ3) is 4.19. The average Bonchev–Trinajstić information content (AvgIpc) is 3.17. The lowest BCUT2D eigenvalue weighted by Gasteiger charge is -2.08. The molecule has 1 aromatic heterocycles. The van der Waals surface area contributed by atoms with Gasteiger partial charge in [0.15, 0.2) is 0 Å². The third-order valence-corrected chi connectivity index (χ3v) is 5.64. The number of nitrogens with zero attached hydrogens (tertiary/aromatic N) is 2. The van der Waals surface area contributed by atoms with Crippen LogP contribution in [0.1, 0.15) is 11.3 Å². The number of sulfonamides is 1. The first-order valence-corrected chi connectivity index (χ1v) is 9.59. The molecule has 0 amide bonds. The molecule has 0 N–H and O–H groups in total. The van der Waals surface area contributed by atoms with Crippen molar-refractivity contribution in [3.63, 3.8) is 0 Å². The Labute approximate surface area is 158 Å². The molecule has 27 heavy (non-hydrogen) atoms. The topological polar surface area (TPSA) is 83.5 Å². The summed E-state index contributed by atoms with van der Waals surface area (Å²) in [6.45, 7) is 0.124. The van der Waals surface area contributed by atoms with Crippen molar-refractivity contribution in [1.82, 2.24) is 4.31 Å². The van der Waals surface area contributed by atoms with E-state index in [2.05, 4.69) is 6.07 Å². The summed E-state index contributed by atoms with van der Waals surface area (Å²) in [7, 11) is -0.694. The van der Waals surface area contributed by atoms with Gasteiger partial charge in [-0.25, -0.2) is 12.7 Å². The lowest BCUT2D eigenvalue weighted by molar-refractivity contribution is 0.256. The molecule has 0 radical (unpaired) electrons. The van der Waals surface area contributed by atoms with Gasteiger partial charge in [-0.3, -0.25) is 0 Å². The van der Waals surface area contributed by atoms with Crippen molar-refractivity contribution in [3.05, 3.63) is 72.0 Å². The van der Waals surface area contributed by atoms with Crippen LogP contribution in [0.2, 0.25) is 0 Å². The molecule has 0 aliphatic rings. The molecule has 0 atom stereocenters. The molecule has 0 aliphatic heterocycles. The highest BCUT2D eigenvalue weighted by molar-refractivity contribution is 7.88. The molecule has 0 aliphatic carbocycles. The smallest absolute Gasteiger partial charge is 0.275 e. The molecular formula is C20H18N2O4S. The minimum absolute atomic E-state index is 0.109. The quantitative estimate of drug-likeness (QED) is 0.650. The Kier molecular flexibility index (Phi) is 5.31. The molecule has 138 valence electrons. The van der Waals surface area contributed by atoms with E-state index in [-0.39, 0.29) is 11.7 Å². The number of hydrogen-bond acceptors (Lipinski definition) is 5. The fourth-order valence-corrected chi connectivity index (χ4v) is 3.20. The van der Waals surface area contributed by atoms with Crippen molar-refractivity contribution in [3.8, 4) is 22.9 Å². The third-order valence-electron chi connectivity index (χ3n) is 3.95. The second kappa shape index (κ2) is 7.66. The van der Waals surface area contributed by atoms with Crippen molar-refractivity contribution < 1.29 is 17.6 Å². The predicted molar refractivity (Wildman–Crippen MR) is 101 cm³/mol. The standard InChI is InChI=1S/C20H18N2O4S/c1-22(2)27(23,24)20-12-11-19(26-20)14-25-18-9-7-17(8-10-18)16-5-3-15(13-21)4-6-16/h3-12H,14H2,1-2H3. The lowest BCUT2D eigenvalue weighted by atomic mass is 10.0. The van der Waals surface area contributed by atoms with Gasteiger partial charge in [0.05, 0.1) is 11.6 Å². The fourth-order valence-electron chi connectivity index (χ4n) is 2.39. The molecule has 0 unspecified atom stereocenters. The van der Waals surface area contributed by atoms with Gasteiger partial charge in [-0.1, -0.05) is 24.3 Å². The maximum Gasteiger partial charge on any atom is 0.275 e. The van der Waals surface area contributed by atoms with Crippen LogP contribution < -0.4 is 4.74 Å². The van der Waals surface area contributed by atoms with Crippen molar-refractivity contribution in [2.75, 3.05) is 14.1 Å². The van der Waals surface area contributed by atoms with Gasteiger partial charge in [-0.2, -0.15) is 5.26 Å². The van der Waals surface area contributed by atoms with E-state index in [0.29, 0.717) is 17.1 Å². The fraction of sp³-hybridized carbons (Fsp3) is 0.150. The van der Waals surface area contributed by atoms with Crippen LogP contribution in [0, 0.1) is 11.3 Å². The number of rotatable bonds is 6. The minimum atomic E-state index is -3.59. The van der Waals surface area contributed by atoms with E-state index in [9.17, 15) is 8.42 Å². The number of benzene rings is 2. The van der Waals surface area contributed by atoms with Gasteiger partial charge in [0, 0.05) is 14.1 Å². The highest BCUT2D eigenvalue weighted by Crippen LogP contribution is 2.24. The van der Waals surface area contributed by atoms with Crippen LogP contribution in [-0.4, -0.2) is 26.8 Å². The summed E-state index contributed by atoms with van der Waals surface area (Å²) in [6.07, 6.45) is 0. The SMILES string of the molecule is CN(C)S(=O)(=O)c1ccc(COc2ccc(-c3ccc(C#N)cc3)cc2)o1. The van der Waals surface area contributed by atoms with E-state index in [4.69, 9.17) is 14.4 Å². The Morgan fingerprint density at radius 3 is 2.11 bits per heavy atom. The molecule has 2 aromatic carbocycles. The van der Waals surface area contributed by atoms with Crippen LogP contribution in [0.15, 0.2) is 70.2 Å². The van der Waals surface area contributed by atoms with Gasteiger partial charge < -0.3 is 9.15 Å². The summed E-state index contributed by atoms with van der Waals surface area (Å²) < 4.78 is 36.1. The summed E-state index contributed by atoms with van der Waals surface area (Å²) in [5.41, 5.74) is 2.63. The molecule has 0 fully saturated rings. The van der Waals surface area contributed by atoms with Gasteiger partial charge in [-0.15, -0.1) is 0 Å². The first kappa shape index (κ1) is 18.7. The summed E-state index contributed by atoms with van der Waals surface area (Å²) >= 11 is 0. The Bertz CT molecular complexity index is 1060. The average molecular weight is 382 g/mol. The molecule has 0 spiro atoms. The maximum atomic E-state index is 12.0. The zero-order valence-corrected chi connectivity index (χ0v) is 15.7. The van der Waals surface area contributed by atoms with Gasteiger partial charge >= 0.3 is 0 Å². The molecule has 1 heterocycles. The molecule has 3 rings (SSSR count). The zero-order chi connectivity index (χ0) is 19.4. The molecule has 0 bridgehead atoms. The molecule has 0 saturated carbocycles. The van der Waals surface area contributed by atoms with E-state index in [1.807, 2.05) is 36.4 Å². The van der Waals surface area contributed by atoms with E-state index < -0.39 is 10.0 Å². The highest BCUT2D eigenvalue weighted by Gasteiger charge is 2.21. The number of nitriles is 1. The summed E-state index contributed by atoms with van der Waals surface area (Å²) in [5, 5.41) is 8.74. The summed E-state index contributed by atoms with van der Waals surface area (Å²) in [5.74, 6) is 1.06. The van der Waals surface area contributed by atoms with E-state index in [1.165, 1.54) is 20.2 Å². The van der Waals surface area contributed by atoms with Crippen LogP contribution >= 0.6 is 0 Å². The predicted octanol–water partition coefficient (Wildman–Crippen LogP) is 3.65. The number of ether oxygens (including phenoxy) is 1. The van der Waals surface area contributed by atoms with E-state index in [0.717, 1.165) is 15.4 Å². The van der Waals surface area contributed by atoms with Crippen LogP contribution in [0.3, 0.4) is 0 Å². The first-order valence-electron chi connectivity index (χ1n) is 8.15. The molecule has 3 aromatic rings. The largest absolute Gasteiger partial charge is 0.486 e. The lowest BCUT2D eigenvalue weighted by Crippen LogP contribution is -2.21. The van der Waals surface area contributed by atoms with Crippen molar-refractivity contribution in [1.29, 1.82) is 5.26 Å². The van der Waals surface area contributed by atoms with Gasteiger partial charge in [0.25, 0.3) is 10.0 Å². The maximum absolute atomic E-state index is 12.0. The van der Waals surface area contributed by atoms with Crippen molar-refractivity contribution in [2.45, 2.75) is 11.7 Å².